The zero-order valence-electron chi connectivity index (χ0n) is 39.6. The molecule has 3 aliphatic heterocycles. The molecule has 17 nitrogen and oxygen atoms in total. The number of imidazole rings is 2. The highest BCUT2D eigenvalue weighted by Gasteiger charge is 2.50. The second-order valence-electron chi connectivity index (χ2n) is 18.7. The van der Waals surface area contributed by atoms with E-state index in [0.29, 0.717) is 49.2 Å². The number of alkyl carbamates (subject to hydrolysis) is 1. The lowest BCUT2D eigenvalue weighted by Gasteiger charge is -2.44. The van der Waals surface area contributed by atoms with Crippen LogP contribution in [0, 0.1) is 5.82 Å². The number of carbonyl (C=O) groups is 4. The highest BCUT2D eigenvalue weighted by Crippen LogP contribution is 2.50. The molecule has 18 heteroatoms. The number of methoxy groups -OCH3 is 4. The summed E-state index contributed by atoms with van der Waals surface area (Å²) in [6.45, 7) is 4.32. The largest absolute Gasteiger partial charge is 0.453 e. The van der Waals surface area contributed by atoms with Gasteiger partial charge in [0, 0.05) is 34.4 Å². The summed E-state index contributed by atoms with van der Waals surface area (Å²) in [6.07, 6.45) is 5.34. The maximum atomic E-state index is 16.6. The van der Waals surface area contributed by atoms with Gasteiger partial charge in [0.1, 0.15) is 30.1 Å². The monoisotopic (exact) mass is 935 g/mol. The van der Waals surface area contributed by atoms with Crippen LogP contribution in [0.4, 0.5) is 14.9 Å². The van der Waals surface area contributed by atoms with Crippen LogP contribution in [0.15, 0.2) is 54.6 Å². The number of aldehydes is 1. The number of hydrogen-bond donors (Lipinski definition) is 4. The third-order valence-electron chi connectivity index (χ3n) is 14.7. The Morgan fingerprint density at radius 2 is 1.41 bits per heavy atom. The third-order valence-corrected chi connectivity index (χ3v) is 14.7. The fourth-order valence-electron chi connectivity index (χ4n) is 10.9. The maximum absolute atomic E-state index is 16.6. The van der Waals surface area contributed by atoms with Crippen LogP contribution in [0.1, 0.15) is 124 Å². The van der Waals surface area contributed by atoms with Crippen molar-refractivity contribution in [2.45, 2.75) is 119 Å². The Morgan fingerprint density at radius 1 is 0.794 bits per heavy atom. The number of carbonyl (C=O) groups excluding carboxylic acids is 4. The summed E-state index contributed by atoms with van der Waals surface area (Å²) < 4.78 is 37.6. The average molecular weight is 936 g/mol. The second kappa shape index (κ2) is 19.6. The maximum Gasteiger partial charge on any atom is 0.407 e. The van der Waals surface area contributed by atoms with Crippen LogP contribution >= 0.6 is 0 Å². The molecule has 4 fully saturated rings. The van der Waals surface area contributed by atoms with E-state index in [1.807, 2.05) is 23.1 Å². The minimum atomic E-state index is -1.46. The van der Waals surface area contributed by atoms with Crippen molar-refractivity contribution in [1.29, 1.82) is 0 Å². The molecule has 0 unspecified atom stereocenters. The highest BCUT2D eigenvalue weighted by molar-refractivity contribution is 5.87. The number of nitrogens with one attached hydrogen (secondary N) is 4. The van der Waals surface area contributed by atoms with Gasteiger partial charge >= 0.3 is 6.09 Å². The van der Waals surface area contributed by atoms with Crippen LogP contribution in [0.3, 0.4) is 0 Å². The number of likely N-dealkylation sites (tertiary alicyclic amines) is 2. The average Bonchev–Trinajstić information content (AvgIpc) is 3.89. The van der Waals surface area contributed by atoms with Crippen molar-refractivity contribution >= 4 is 51.9 Å². The summed E-state index contributed by atoms with van der Waals surface area (Å²) in [5.41, 5.74) is 5.24. The topological polar surface area (TPSA) is 196 Å². The van der Waals surface area contributed by atoms with E-state index < -0.39 is 35.9 Å². The lowest BCUT2D eigenvalue weighted by Crippen LogP contribution is -2.68. The first-order valence-electron chi connectivity index (χ1n) is 23.7. The molecule has 68 heavy (non-hydrogen) atoms. The molecule has 4 N–H and O–H groups in total. The van der Waals surface area contributed by atoms with Crippen molar-refractivity contribution in [3.05, 3.63) is 88.8 Å². The summed E-state index contributed by atoms with van der Waals surface area (Å²) in [4.78, 5) is 75.2. The number of aromatic nitrogens is 4. The zero-order chi connectivity index (χ0) is 47.9. The van der Waals surface area contributed by atoms with Crippen LogP contribution < -0.4 is 15.5 Å². The van der Waals surface area contributed by atoms with E-state index in [9.17, 15) is 19.2 Å². The molecule has 0 radical (unpaired) electrons. The number of aromatic amines is 2. The fraction of sp³-hybridized carbons (Fsp3) is 0.520. The van der Waals surface area contributed by atoms with Gasteiger partial charge < -0.3 is 49.3 Å². The van der Waals surface area contributed by atoms with E-state index >= 15 is 4.39 Å². The van der Waals surface area contributed by atoms with Gasteiger partial charge in [-0.05, 0) is 124 Å². The number of fused-ring (bicyclic) bond motifs is 2. The summed E-state index contributed by atoms with van der Waals surface area (Å²) in [7, 11) is 5.69. The Bertz CT molecular complexity index is 2670. The van der Waals surface area contributed by atoms with Crippen LogP contribution in [0.5, 0.6) is 0 Å². The molecule has 9 rings (SSSR count). The molecular weight excluding hydrogens is 874 g/mol. The first-order chi connectivity index (χ1) is 32.9. The molecule has 4 aliphatic rings. The molecule has 3 saturated heterocycles. The van der Waals surface area contributed by atoms with Gasteiger partial charge in [-0.1, -0.05) is 18.2 Å². The summed E-state index contributed by atoms with van der Waals surface area (Å²) in [6, 6.07) is 16.0. The van der Waals surface area contributed by atoms with E-state index in [1.54, 1.807) is 24.8 Å². The molecule has 5 aromatic rings. The lowest BCUT2D eigenvalue weighted by molar-refractivity contribution is -0.146. The van der Waals surface area contributed by atoms with Crippen LogP contribution in [-0.4, -0.2) is 126 Å². The van der Waals surface area contributed by atoms with Gasteiger partial charge in [-0.3, -0.25) is 19.3 Å². The minimum absolute atomic E-state index is 0.185. The number of benzene rings is 3. The van der Waals surface area contributed by atoms with Crippen molar-refractivity contribution < 1.29 is 42.5 Å². The number of halogens is 1. The first kappa shape index (κ1) is 47.1. The number of amides is 3. The van der Waals surface area contributed by atoms with E-state index in [-0.39, 0.29) is 42.5 Å². The number of rotatable bonds is 17. The Hall–Kier alpha value is -5.95. The van der Waals surface area contributed by atoms with Gasteiger partial charge in [0.2, 0.25) is 11.8 Å². The molecule has 362 valence electrons. The lowest BCUT2D eigenvalue weighted by atomic mass is 10.0. The van der Waals surface area contributed by atoms with Crippen molar-refractivity contribution in [1.82, 2.24) is 40.4 Å². The normalized spacial score (nSPS) is 23.2. The molecule has 3 amide bonds. The second-order valence-corrected chi connectivity index (χ2v) is 18.7. The fourth-order valence-corrected chi connectivity index (χ4v) is 10.9. The molecule has 3 aromatic carbocycles. The third kappa shape index (κ3) is 8.82. The number of anilines is 1. The minimum Gasteiger partial charge on any atom is -0.453 e. The molecule has 5 heterocycles. The highest BCUT2D eigenvalue weighted by atomic mass is 19.1. The molecule has 0 bridgehead atoms. The molecular formula is C50H62FN9O8. The number of nitrogens with zero attached hydrogens (tertiary/aromatic N) is 5. The Balaban J connectivity index is 1.02. The van der Waals surface area contributed by atoms with Crippen LogP contribution in [0.2, 0.25) is 0 Å². The Morgan fingerprint density at radius 3 is 1.99 bits per heavy atom. The quantitative estimate of drug-likeness (QED) is 0.0714. The van der Waals surface area contributed by atoms with Crippen LogP contribution in [-0.2, 0) is 33.3 Å². The molecule has 1 aliphatic carbocycles. The smallest absolute Gasteiger partial charge is 0.407 e. The van der Waals surface area contributed by atoms with E-state index in [2.05, 4.69) is 55.8 Å². The van der Waals surface area contributed by atoms with Gasteiger partial charge in [-0.15, -0.1) is 0 Å². The molecule has 1 saturated carbocycles. The summed E-state index contributed by atoms with van der Waals surface area (Å²) in [5, 5.41) is 5.55. The van der Waals surface area contributed by atoms with Crippen molar-refractivity contribution in [3.63, 3.8) is 0 Å². The molecule has 2 aromatic heterocycles. The molecule has 0 spiro atoms. The van der Waals surface area contributed by atoms with Gasteiger partial charge in [0.25, 0.3) is 0 Å². The van der Waals surface area contributed by atoms with E-state index in [1.165, 1.54) is 28.4 Å². The van der Waals surface area contributed by atoms with E-state index in [0.717, 1.165) is 83.6 Å². The predicted molar refractivity (Wildman–Crippen MR) is 251 cm³/mol. The predicted octanol–water partition coefficient (Wildman–Crippen LogP) is 6.79. The Labute approximate surface area is 394 Å². The first-order valence-corrected chi connectivity index (χ1v) is 23.7. The van der Waals surface area contributed by atoms with E-state index in [4.69, 9.17) is 28.9 Å². The standard InChI is InChI=1S/C50H62FN9O8/c1-28(66-4)45(56-49(64)68-6)48(63)58-21-7-9-42(58)46-52-35-16-13-32(24-37(35)54-46)39-19-20-40(60(39)41-18-15-31(23-34(41)51)30-11-12-30)33-14-17-36-38(25-33)55-47(53-36)43-10-8-22-59(43)50(27-61,29(2)67-5)57-44(62)26-65-3/h13-18,23-25,27-30,39-40,42-43,45H,7-12,19-22,26H2,1-6H3,(H,52,54)(H,53,55)(H,56,64)(H,57,62)/t28-,29-,39+,40+,42+,43+,45+,50+/m1/s1. The van der Waals surface area contributed by atoms with Gasteiger partial charge in [0.05, 0.1) is 71.2 Å². The van der Waals surface area contributed by atoms with Crippen molar-refractivity contribution in [2.75, 3.05) is 53.0 Å². The van der Waals surface area contributed by atoms with Crippen LogP contribution in [0.25, 0.3) is 22.1 Å². The van der Waals surface area contributed by atoms with Gasteiger partial charge in [-0.2, -0.15) is 0 Å². The zero-order valence-corrected chi connectivity index (χ0v) is 39.6. The molecule has 8 atom stereocenters. The number of H-pyrrole nitrogens is 2. The van der Waals surface area contributed by atoms with Crippen molar-refractivity contribution in [2.24, 2.45) is 0 Å². The summed E-state index contributed by atoms with van der Waals surface area (Å²) >= 11 is 0. The number of hydrogen-bond acceptors (Lipinski definition) is 12. The van der Waals surface area contributed by atoms with Crippen molar-refractivity contribution in [3.8, 4) is 0 Å². The number of ether oxygens (including phenoxy) is 4. The summed E-state index contributed by atoms with van der Waals surface area (Å²) in [5.74, 6) is 0.765. The SMILES string of the molecule is COCC(=O)N[C@](C=O)([C@@H](C)OC)N1CCC[C@H]1c1nc2ccc([C@@H]3CC[C@@H](c4ccc5nc([C@@H]6CCCN6C(=O)[C@@H](NC(=O)OC)[C@@H](C)OC)[nH]c5c4)N3c3ccc(C4CC4)cc3F)cc2[nH]1. The van der Waals surface area contributed by atoms with Gasteiger partial charge in [0.15, 0.2) is 11.9 Å². The Kier molecular flexibility index (Phi) is 13.6. The van der Waals surface area contributed by atoms with Gasteiger partial charge in [-0.25, -0.2) is 19.2 Å².